The van der Waals surface area contributed by atoms with Gasteiger partial charge in [0.15, 0.2) is 4.96 Å². The molecule has 1 atom stereocenters. The van der Waals surface area contributed by atoms with E-state index < -0.39 is 17.9 Å². The first-order valence-corrected chi connectivity index (χ1v) is 5.84. The van der Waals surface area contributed by atoms with Crippen LogP contribution in [0.4, 0.5) is 0 Å². The zero-order valence-electron chi connectivity index (χ0n) is 9.30. The van der Waals surface area contributed by atoms with Crippen LogP contribution in [0.15, 0.2) is 11.6 Å². The van der Waals surface area contributed by atoms with Gasteiger partial charge < -0.3 is 10.4 Å². The average molecular weight is 253 g/mol. The lowest BCUT2D eigenvalue weighted by Crippen LogP contribution is -2.38. The summed E-state index contributed by atoms with van der Waals surface area (Å²) in [6, 6.07) is -0.927. The fraction of sp³-hybridized carbons (Fsp3) is 0.300. The number of nitrogens with zero attached hydrogens (tertiary/aromatic N) is 2. The number of rotatable bonds is 3. The van der Waals surface area contributed by atoms with E-state index in [2.05, 4.69) is 10.3 Å². The number of hydrogen-bond donors (Lipinski definition) is 2. The minimum Gasteiger partial charge on any atom is -0.480 e. The zero-order chi connectivity index (χ0) is 12.6. The maximum atomic E-state index is 11.7. The number of nitrogens with one attached hydrogen (secondary N) is 1. The Balaban J connectivity index is 2.22. The largest absolute Gasteiger partial charge is 0.480 e. The molecule has 0 spiro atoms. The summed E-state index contributed by atoms with van der Waals surface area (Å²) < 4.78 is 1.80. The van der Waals surface area contributed by atoms with Crippen LogP contribution in [-0.4, -0.2) is 32.4 Å². The highest BCUT2D eigenvalue weighted by Gasteiger charge is 2.18. The van der Waals surface area contributed by atoms with Gasteiger partial charge in [0.25, 0.3) is 5.91 Å². The van der Waals surface area contributed by atoms with E-state index in [1.54, 1.807) is 10.6 Å². The second-order valence-corrected chi connectivity index (χ2v) is 4.53. The van der Waals surface area contributed by atoms with Gasteiger partial charge in [0.05, 0.1) is 0 Å². The average Bonchev–Trinajstić information content (AvgIpc) is 2.81. The van der Waals surface area contributed by atoms with Crippen LogP contribution >= 0.6 is 11.3 Å². The minimum absolute atomic E-state index is 0.230. The molecule has 0 bridgehead atoms. The SMILES string of the molecule is Cc1csc2nc(C(=O)NC(C)C(=O)O)cn12. The van der Waals surface area contributed by atoms with Gasteiger partial charge in [-0.1, -0.05) is 0 Å². The molecule has 0 aliphatic rings. The van der Waals surface area contributed by atoms with Crippen LogP contribution < -0.4 is 5.32 Å². The molecule has 6 nitrogen and oxygen atoms in total. The standard InChI is InChI=1S/C10H11N3O3S/c1-5-4-17-10-12-7(3-13(5)10)8(14)11-6(2)9(15)16/h3-4,6H,1-2H3,(H,11,14)(H,15,16). The maximum Gasteiger partial charge on any atom is 0.325 e. The Morgan fingerprint density at radius 2 is 2.29 bits per heavy atom. The molecule has 0 aliphatic heterocycles. The summed E-state index contributed by atoms with van der Waals surface area (Å²) in [5.74, 6) is -1.55. The van der Waals surface area contributed by atoms with E-state index in [-0.39, 0.29) is 5.69 Å². The highest BCUT2D eigenvalue weighted by molar-refractivity contribution is 7.15. The third kappa shape index (κ3) is 2.14. The van der Waals surface area contributed by atoms with Gasteiger partial charge in [-0.2, -0.15) is 0 Å². The van der Waals surface area contributed by atoms with Crippen molar-refractivity contribution in [1.82, 2.24) is 14.7 Å². The second kappa shape index (κ2) is 4.17. The van der Waals surface area contributed by atoms with Crippen LogP contribution in [0.25, 0.3) is 4.96 Å². The van der Waals surface area contributed by atoms with Crippen molar-refractivity contribution in [3.8, 4) is 0 Å². The number of thiazole rings is 1. The molecule has 0 radical (unpaired) electrons. The van der Waals surface area contributed by atoms with Crippen LogP contribution in [0.1, 0.15) is 23.1 Å². The molecule has 2 heterocycles. The second-order valence-electron chi connectivity index (χ2n) is 3.69. The monoisotopic (exact) mass is 253 g/mol. The highest BCUT2D eigenvalue weighted by Crippen LogP contribution is 2.15. The van der Waals surface area contributed by atoms with Crippen molar-refractivity contribution < 1.29 is 14.7 Å². The number of carboxylic acid groups (broad SMARTS) is 1. The Labute approximate surface area is 101 Å². The molecule has 2 aromatic rings. The summed E-state index contributed by atoms with van der Waals surface area (Å²) in [4.78, 5) is 27.1. The fourth-order valence-electron chi connectivity index (χ4n) is 1.34. The third-order valence-electron chi connectivity index (χ3n) is 2.34. The number of carboxylic acids is 1. The van der Waals surface area contributed by atoms with E-state index in [1.807, 2.05) is 12.3 Å². The predicted molar refractivity (Wildman–Crippen MR) is 62.4 cm³/mol. The lowest BCUT2D eigenvalue weighted by atomic mass is 10.3. The number of fused-ring (bicyclic) bond motifs is 1. The maximum absolute atomic E-state index is 11.7. The first-order valence-electron chi connectivity index (χ1n) is 4.96. The van der Waals surface area contributed by atoms with Crippen molar-refractivity contribution in [2.45, 2.75) is 19.9 Å². The quantitative estimate of drug-likeness (QED) is 0.851. The number of imidazole rings is 1. The number of carbonyl (C=O) groups excluding carboxylic acids is 1. The summed E-state index contributed by atoms with van der Waals surface area (Å²) in [5.41, 5.74) is 1.22. The molecule has 0 aliphatic carbocycles. The zero-order valence-corrected chi connectivity index (χ0v) is 10.1. The molecule has 0 saturated heterocycles. The first kappa shape index (κ1) is 11.6. The Hall–Kier alpha value is -1.89. The molecule has 90 valence electrons. The van der Waals surface area contributed by atoms with Gasteiger partial charge in [-0.3, -0.25) is 14.0 Å². The number of aliphatic carboxylic acids is 1. The van der Waals surface area contributed by atoms with Crippen LogP contribution in [0.2, 0.25) is 0 Å². The number of hydrogen-bond acceptors (Lipinski definition) is 4. The Kier molecular flexibility index (Phi) is 2.84. The van der Waals surface area contributed by atoms with Gasteiger partial charge in [-0.25, -0.2) is 4.98 Å². The Morgan fingerprint density at radius 3 is 2.88 bits per heavy atom. The topological polar surface area (TPSA) is 83.7 Å². The molecule has 1 amide bonds. The molecule has 2 rings (SSSR count). The highest BCUT2D eigenvalue weighted by atomic mass is 32.1. The normalized spacial score (nSPS) is 12.6. The lowest BCUT2D eigenvalue weighted by molar-refractivity contribution is -0.138. The van der Waals surface area contributed by atoms with Crippen LogP contribution in [0.3, 0.4) is 0 Å². The van der Waals surface area contributed by atoms with Gasteiger partial charge in [0, 0.05) is 17.3 Å². The lowest BCUT2D eigenvalue weighted by Gasteiger charge is -2.06. The molecule has 2 N–H and O–H groups in total. The molecule has 0 fully saturated rings. The van der Waals surface area contributed by atoms with Crippen molar-refractivity contribution in [2.75, 3.05) is 0 Å². The van der Waals surface area contributed by atoms with Gasteiger partial charge >= 0.3 is 5.97 Å². The molecule has 2 aromatic heterocycles. The van der Waals surface area contributed by atoms with Gasteiger partial charge in [0.1, 0.15) is 11.7 Å². The molecule has 1 unspecified atom stereocenters. The number of aryl methyl sites for hydroxylation is 1. The summed E-state index contributed by atoms with van der Waals surface area (Å²) in [6.45, 7) is 3.32. The van der Waals surface area contributed by atoms with Crippen LogP contribution in [0.5, 0.6) is 0 Å². The van der Waals surface area contributed by atoms with Crippen molar-refractivity contribution >= 4 is 28.2 Å². The first-order chi connectivity index (χ1) is 7.99. The van der Waals surface area contributed by atoms with E-state index in [9.17, 15) is 9.59 Å². The summed E-state index contributed by atoms with van der Waals surface area (Å²) in [5, 5.41) is 13.0. The number of aromatic nitrogens is 2. The predicted octanol–water partition coefficient (Wildman–Crippen LogP) is 0.907. The van der Waals surface area contributed by atoms with Gasteiger partial charge in [-0.15, -0.1) is 11.3 Å². The Morgan fingerprint density at radius 1 is 1.59 bits per heavy atom. The number of amides is 1. The van der Waals surface area contributed by atoms with Crippen LogP contribution in [-0.2, 0) is 4.79 Å². The van der Waals surface area contributed by atoms with Gasteiger partial charge in [-0.05, 0) is 13.8 Å². The van der Waals surface area contributed by atoms with Crippen LogP contribution in [0, 0.1) is 6.92 Å². The summed E-state index contributed by atoms with van der Waals surface area (Å²) >= 11 is 1.43. The minimum atomic E-state index is -1.07. The molecule has 0 aromatic carbocycles. The van der Waals surface area contributed by atoms with Crippen molar-refractivity contribution in [3.63, 3.8) is 0 Å². The van der Waals surface area contributed by atoms with Gasteiger partial charge in [0.2, 0.25) is 0 Å². The van der Waals surface area contributed by atoms with E-state index in [0.717, 1.165) is 10.7 Å². The van der Waals surface area contributed by atoms with E-state index >= 15 is 0 Å². The van der Waals surface area contributed by atoms with Crippen molar-refractivity contribution in [2.24, 2.45) is 0 Å². The van der Waals surface area contributed by atoms with E-state index in [1.165, 1.54) is 18.3 Å². The summed E-state index contributed by atoms with van der Waals surface area (Å²) in [6.07, 6.45) is 1.60. The fourth-order valence-corrected chi connectivity index (χ4v) is 2.19. The van der Waals surface area contributed by atoms with E-state index in [0.29, 0.717) is 0 Å². The molecule has 7 heteroatoms. The molecule has 17 heavy (non-hydrogen) atoms. The summed E-state index contributed by atoms with van der Waals surface area (Å²) in [7, 11) is 0. The third-order valence-corrected chi connectivity index (χ3v) is 3.30. The smallest absolute Gasteiger partial charge is 0.325 e. The van der Waals surface area contributed by atoms with Crippen molar-refractivity contribution in [3.05, 3.63) is 23.0 Å². The Bertz CT molecular complexity index is 587. The number of carbonyl (C=O) groups is 2. The molecular formula is C10H11N3O3S. The van der Waals surface area contributed by atoms with E-state index in [4.69, 9.17) is 5.11 Å². The molecular weight excluding hydrogens is 242 g/mol. The molecule has 0 saturated carbocycles. The van der Waals surface area contributed by atoms with Crippen molar-refractivity contribution in [1.29, 1.82) is 0 Å².